The Labute approximate surface area is 117 Å². The van der Waals surface area contributed by atoms with Crippen molar-refractivity contribution in [1.82, 2.24) is 9.97 Å². The molecular weight excluding hydrogens is 234 g/mol. The third-order valence-corrected chi connectivity index (χ3v) is 4.45. The van der Waals surface area contributed by atoms with Gasteiger partial charge in [-0.25, -0.2) is 9.97 Å². The summed E-state index contributed by atoms with van der Waals surface area (Å²) in [5.41, 5.74) is 9.33. The van der Waals surface area contributed by atoms with Crippen LogP contribution >= 0.6 is 0 Å². The van der Waals surface area contributed by atoms with Crippen LogP contribution in [0.15, 0.2) is 0 Å². The molecule has 1 aliphatic rings. The normalized spacial score (nSPS) is 24.7. The number of aromatic nitrogens is 2. The topological polar surface area (TPSA) is 51.8 Å². The second-order valence-corrected chi connectivity index (χ2v) is 6.39. The highest BCUT2D eigenvalue weighted by molar-refractivity contribution is 5.26. The van der Waals surface area contributed by atoms with E-state index < -0.39 is 0 Å². The van der Waals surface area contributed by atoms with Crippen molar-refractivity contribution in [2.24, 2.45) is 17.6 Å². The predicted octanol–water partition coefficient (Wildman–Crippen LogP) is 3.13. The highest BCUT2D eigenvalue weighted by Crippen LogP contribution is 2.36. The Bertz CT molecular complexity index is 419. The van der Waals surface area contributed by atoms with Gasteiger partial charge in [0.1, 0.15) is 5.82 Å². The quantitative estimate of drug-likeness (QED) is 0.906. The maximum absolute atomic E-state index is 5.72. The first kappa shape index (κ1) is 14.4. The minimum atomic E-state index is 0.498. The van der Waals surface area contributed by atoms with Gasteiger partial charge < -0.3 is 5.73 Å². The summed E-state index contributed by atoms with van der Waals surface area (Å²) in [5.74, 6) is 2.97. The van der Waals surface area contributed by atoms with Crippen molar-refractivity contribution in [2.45, 2.75) is 59.3 Å². The molecule has 0 saturated heterocycles. The lowest BCUT2D eigenvalue weighted by atomic mass is 9.98. The van der Waals surface area contributed by atoms with Crippen LogP contribution in [0.3, 0.4) is 0 Å². The maximum atomic E-state index is 5.72. The minimum Gasteiger partial charge on any atom is -0.330 e. The van der Waals surface area contributed by atoms with Gasteiger partial charge in [0.2, 0.25) is 0 Å². The predicted molar refractivity (Wildman–Crippen MR) is 79.2 cm³/mol. The third kappa shape index (κ3) is 3.33. The van der Waals surface area contributed by atoms with E-state index in [1.54, 1.807) is 0 Å². The number of aryl methyl sites for hydroxylation is 2. The summed E-state index contributed by atoms with van der Waals surface area (Å²) < 4.78 is 0. The molecular formula is C16H27N3. The molecule has 3 nitrogen and oxygen atoms in total. The summed E-state index contributed by atoms with van der Waals surface area (Å²) in [6.07, 6.45) is 4.81. The van der Waals surface area contributed by atoms with Crippen molar-refractivity contribution >= 4 is 0 Å². The van der Waals surface area contributed by atoms with Gasteiger partial charge in [-0.05, 0) is 63.5 Å². The molecule has 0 aliphatic heterocycles. The van der Waals surface area contributed by atoms with Gasteiger partial charge in [-0.1, -0.05) is 13.8 Å². The summed E-state index contributed by atoms with van der Waals surface area (Å²) in [7, 11) is 0. The molecule has 1 aromatic heterocycles. The lowest BCUT2D eigenvalue weighted by Crippen LogP contribution is -2.16. The van der Waals surface area contributed by atoms with E-state index in [2.05, 4.69) is 27.7 Å². The zero-order chi connectivity index (χ0) is 14.0. The molecule has 1 aromatic rings. The van der Waals surface area contributed by atoms with Crippen LogP contribution in [0.4, 0.5) is 0 Å². The lowest BCUT2D eigenvalue weighted by Gasteiger charge is -2.16. The molecule has 1 heterocycles. The third-order valence-electron chi connectivity index (χ3n) is 4.45. The Hall–Kier alpha value is -0.960. The van der Waals surface area contributed by atoms with Crippen LogP contribution in [0.1, 0.15) is 61.8 Å². The highest BCUT2D eigenvalue weighted by Gasteiger charge is 2.26. The zero-order valence-electron chi connectivity index (χ0n) is 12.7. The largest absolute Gasteiger partial charge is 0.330 e. The van der Waals surface area contributed by atoms with Crippen LogP contribution in [-0.2, 0) is 6.42 Å². The maximum Gasteiger partial charge on any atom is 0.131 e. The standard InChI is InChI=1S/C16H27N3/c1-10-5-6-14(7-10)16-18-12(3)15(13(4)19-16)8-11(2)9-17/h10-11,14H,5-9,17H2,1-4H3. The molecule has 3 unspecified atom stereocenters. The molecule has 2 rings (SSSR count). The SMILES string of the molecule is Cc1nc(C2CCC(C)C2)nc(C)c1CC(C)CN. The van der Waals surface area contributed by atoms with Gasteiger partial charge in [0.05, 0.1) is 0 Å². The van der Waals surface area contributed by atoms with Crippen molar-refractivity contribution in [3.63, 3.8) is 0 Å². The van der Waals surface area contributed by atoms with E-state index in [-0.39, 0.29) is 0 Å². The second-order valence-electron chi connectivity index (χ2n) is 6.39. The smallest absolute Gasteiger partial charge is 0.131 e. The molecule has 1 fully saturated rings. The average molecular weight is 261 g/mol. The fourth-order valence-corrected chi connectivity index (χ4v) is 3.12. The first-order valence-corrected chi connectivity index (χ1v) is 7.55. The molecule has 106 valence electrons. The summed E-state index contributed by atoms with van der Waals surface area (Å²) in [6, 6.07) is 0. The zero-order valence-corrected chi connectivity index (χ0v) is 12.7. The Morgan fingerprint density at radius 2 is 1.84 bits per heavy atom. The van der Waals surface area contributed by atoms with Gasteiger partial charge in [0.15, 0.2) is 0 Å². The molecule has 0 bridgehead atoms. The van der Waals surface area contributed by atoms with Crippen LogP contribution in [0.2, 0.25) is 0 Å². The van der Waals surface area contributed by atoms with Gasteiger partial charge in [-0.15, -0.1) is 0 Å². The number of nitrogens with zero attached hydrogens (tertiary/aromatic N) is 2. The Morgan fingerprint density at radius 3 is 2.32 bits per heavy atom. The van der Waals surface area contributed by atoms with E-state index in [0.717, 1.165) is 36.1 Å². The molecule has 3 heteroatoms. The van der Waals surface area contributed by atoms with Crippen LogP contribution in [0, 0.1) is 25.7 Å². The molecule has 1 aliphatic carbocycles. The molecule has 0 spiro atoms. The monoisotopic (exact) mass is 261 g/mol. The summed E-state index contributed by atoms with van der Waals surface area (Å²) >= 11 is 0. The van der Waals surface area contributed by atoms with E-state index >= 15 is 0 Å². The van der Waals surface area contributed by atoms with Crippen molar-refractivity contribution in [3.8, 4) is 0 Å². The van der Waals surface area contributed by atoms with Crippen LogP contribution in [0.5, 0.6) is 0 Å². The molecule has 3 atom stereocenters. The van der Waals surface area contributed by atoms with Gasteiger partial charge in [-0.3, -0.25) is 0 Å². The first-order valence-electron chi connectivity index (χ1n) is 7.55. The van der Waals surface area contributed by atoms with Crippen molar-refractivity contribution in [3.05, 3.63) is 22.8 Å². The van der Waals surface area contributed by atoms with E-state index in [9.17, 15) is 0 Å². The summed E-state index contributed by atoms with van der Waals surface area (Å²) in [4.78, 5) is 9.57. The van der Waals surface area contributed by atoms with Crippen LogP contribution < -0.4 is 5.73 Å². The molecule has 2 N–H and O–H groups in total. The molecule has 0 radical (unpaired) electrons. The number of nitrogens with two attached hydrogens (primary N) is 1. The van der Waals surface area contributed by atoms with Gasteiger partial charge in [0.25, 0.3) is 0 Å². The Morgan fingerprint density at radius 1 is 1.21 bits per heavy atom. The average Bonchev–Trinajstić information content (AvgIpc) is 2.80. The van der Waals surface area contributed by atoms with E-state index in [0.29, 0.717) is 11.8 Å². The van der Waals surface area contributed by atoms with Gasteiger partial charge >= 0.3 is 0 Å². The lowest BCUT2D eigenvalue weighted by molar-refractivity contribution is 0.570. The molecule has 0 aromatic carbocycles. The number of hydrogen-bond donors (Lipinski definition) is 1. The van der Waals surface area contributed by atoms with Crippen molar-refractivity contribution in [2.75, 3.05) is 6.54 Å². The first-order chi connectivity index (χ1) is 9.01. The summed E-state index contributed by atoms with van der Waals surface area (Å²) in [5, 5.41) is 0. The number of hydrogen-bond acceptors (Lipinski definition) is 3. The van der Waals surface area contributed by atoms with E-state index in [4.69, 9.17) is 15.7 Å². The van der Waals surface area contributed by atoms with Crippen molar-refractivity contribution in [1.29, 1.82) is 0 Å². The molecule has 1 saturated carbocycles. The minimum absolute atomic E-state index is 0.498. The Kier molecular flexibility index (Phi) is 4.56. The summed E-state index contributed by atoms with van der Waals surface area (Å²) in [6.45, 7) is 9.48. The van der Waals surface area contributed by atoms with Gasteiger partial charge in [-0.2, -0.15) is 0 Å². The fourth-order valence-electron chi connectivity index (χ4n) is 3.12. The van der Waals surface area contributed by atoms with Crippen LogP contribution in [0.25, 0.3) is 0 Å². The fraction of sp³-hybridized carbons (Fsp3) is 0.750. The van der Waals surface area contributed by atoms with E-state index in [1.807, 2.05) is 0 Å². The Balaban J connectivity index is 2.21. The van der Waals surface area contributed by atoms with E-state index in [1.165, 1.54) is 24.8 Å². The molecule has 0 amide bonds. The number of rotatable bonds is 4. The highest BCUT2D eigenvalue weighted by atomic mass is 14.9. The second kappa shape index (κ2) is 6.00. The van der Waals surface area contributed by atoms with Gasteiger partial charge in [0, 0.05) is 17.3 Å². The van der Waals surface area contributed by atoms with Crippen LogP contribution in [-0.4, -0.2) is 16.5 Å². The molecule has 19 heavy (non-hydrogen) atoms. The van der Waals surface area contributed by atoms with Crippen molar-refractivity contribution < 1.29 is 0 Å².